The van der Waals surface area contributed by atoms with E-state index in [1.54, 1.807) is 6.33 Å². The lowest BCUT2D eigenvalue weighted by Crippen LogP contribution is -2.39. The SMILES string of the molecule is Cc1ccc(C2CN(c3cc(N4CCSCC4)ncn3)CCO2)o1. The summed E-state index contributed by atoms with van der Waals surface area (Å²) in [4.78, 5) is 13.6. The molecule has 4 rings (SSSR count). The van der Waals surface area contributed by atoms with Crippen molar-refractivity contribution in [3.63, 3.8) is 0 Å². The number of nitrogens with zero attached hydrogens (tertiary/aromatic N) is 4. The molecule has 6 nitrogen and oxygen atoms in total. The van der Waals surface area contributed by atoms with Crippen molar-refractivity contribution in [2.75, 3.05) is 54.1 Å². The zero-order chi connectivity index (χ0) is 16.4. The molecule has 0 amide bonds. The van der Waals surface area contributed by atoms with Crippen molar-refractivity contribution in [3.8, 4) is 0 Å². The van der Waals surface area contributed by atoms with E-state index in [-0.39, 0.29) is 6.10 Å². The van der Waals surface area contributed by atoms with Crippen LogP contribution in [0.5, 0.6) is 0 Å². The van der Waals surface area contributed by atoms with Gasteiger partial charge in [0.15, 0.2) is 0 Å². The Hall–Kier alpha value is -1.73. The molecule has 0 N–H and O–H groups in total. The molecule has 2 aliphatic heterocycles. The molecule has 0 radical (unpaired) electrons. The van der Waals surface area contributed by atoms with Gasteiger partial charge >= 0.3 is 0 Å². The number of aromatic nitrogens is 2. The van der Waals surface area contributed by atoms with Crippen LogP contribution in [-0.4, -0.2) is 54.3 Å². The van der Waals surface area contributed by atoms with Crippen molar-refractivity contribution in [2.45, 2.75) is 13.0 Å². The van der Waals surface area contributed by atoms with Crippen molar-refractivity contribution in [3.05, 3.63) is 36.0 Å². The van der Waals surface area contributed by atoms with E-state index < -0.39 is 0 Å². The fourth-order valence-electron chi connectivity index (χ4n) is 3.13. The van der Waals surface area contributed by atoms with Crippen LogP contribution in [-0.2, 0) is 4.74 Å². The van der Waals surface area contributed by atoms with Gasteiger partial charge in [0.25, 0.3) is 0 Å². The molecule has 0 aliphatic carbocycles. The first kappa shape index (κ1) is 15.8. The molecule has 2 fully saturated rings. The fourth-order valence-corrected chi connectivity index (χ4v) is 4.03. The Bertz CT molecular complexity index is 687. The highest BCUT2D eigenvalue weighted by molar-refractivity contribution is 7.99. The zero-order valence-electron chi connectivity index (χ0n) is 13.9. The van der Waals surface area contributed by atoms with Gasteiger partial charge in [0.2, 0.25) is 0 Å². The monoisotopic (exact) mass is 346 g/mol. The molecule has 1 unspecified atom stereocenters. The highest BCUT2D eigenvalue weighted by Crippen LogP contribution is 2.28. The minimum Gasteiger partial charge on any atom is -0.464 e. The summed E-state index contributed by atoms with van der Waals surface area (Å²) in [6, 6.07) is 6.08. The topological polar surface area (TPSA) is 54.6 Å². The second-order valence-electron chi connectivity index (χ2n) is 6.09. The molecule has 2 aliphatic rings. The molecule has 4 heterocycles. The van der Waals surface area contributed by atoms with E-state index in [0.717, 1.165) is 60.8 Å². The highest BCUT2D eigenvalue weighted by atomic mass is 32.2. The Morgan fingerprint density at radius 1 is 1.08 bits per heavy atom. The van der Waals surface area contributed by atoms with Crippen LogP contribution in [0.2, 0.25) is 0 Å². The summed E-state index contributed by atoms with van der Waals surface area (Å²) in [6.07, 6.45) is 1.63. The van der Waals surface area contributed by atoms with Crippen LogP contribution < -0.4 is 9.80 Å². The maximum Gasteiger partial charge on any atom is 0.134 e. The summed E-state index contributed by atoms with van der Waals surface area (Å²) >= 11 is 2.00. The van der Waals surface area contributed by atoms with Gasteiger partial charge in [-0.1, -0.05) is 0 Å². The van der Waals surface area contributed by atoms with Gasteiger partial charge in [-0.25, -0.2) is 9.97 Å². The van der Waals surface area contributed by atoms with Gasteiger partial charge in [-0.3, -0.25) is 0 Å². The van der Waals surface area contributed by atoms with Gasteiger partial charge in [0.1, 0.15) is 35.6 Å². The number of aryl methyl sites for hydroxylation is 1. The maximum absolute atomic E-state index is 5.88. The third-order valence-corrected chi connectivity index (χ3v) is 5.38. The molecular weight excluding hydrogens is 324 g/mol. The predicted molar refractivity (Wildman–Crippen MR) is 95.9 cm³/mol. The number of furan rings is 1. The second kappa shape index (κ2) is 7.03. The van der Waals surface area contributed by atoms with E-state index in [2.05, 4.69) is 25.8 Å². The van der Waals surface area contributed by atoms with Crippen molar-refractivity contribution in [2.24, 2.45) is 0 Å². The molecule has 24 heavy (non-hydrogen) atoms. The largest absolute Gasteiger partial charge is 0.464 e. The number of morpholine rings is 1. The van der Waals surface area contributed by atoms with Crippen LogP contribution in [0, 0.1) is 6.92 Å². The summed E-state index contributed by atoms with van der Waals surface area (Å²) in [5.41, 5.74) is 0. The lowest BCUT2D eigenvalue weighted by Gasteiger charge is -2.33. The molecule has 1 atom stereocenters. The van der Waals surface area contributed by atoms with E-state index in [9.17, 15) is 0 Å². The average molecular weight is 346 g/mol. The first-order chi connectivity index (χ1) is 11.8. The Balaban J connectivity index is 1.50. The summed E-state index contributed by atoms with van der Waals surface area (Å²) in [6.45, 7) is 6.32. The summed E-state index contributed by atoms with van der Waals surface area (Å²) < 4.78 is 11.6. The predicted octanol–water partition coefficient (Wildman–Crippen LogP) is 2.51. The fraction of sp³-hybridized carbons (Fsp3) is 0.529. The van der Waals surface area contributed by atoms with E-state index >= 15 is 0 Å². The van der Waals surface area contributed by atoms with E-state index in [1.807, 2.05) is 30.8 Å². The van der Waals surface area contributed by atoms with Gasteiger partial charge in [0, 0.05) is 37.2 Å². The van der Waals surface area contributed by atoms with Crippen molar-refractivity contribution >= 4 is 23.4 Å². The smallest absolute Gasteiger partial charge is 0.134 e. The second-order valence-corrected chi connectivity index (χ2v) is 7.31. The van der Waals surface area contributed by atoms with Crippen LogP contribution in [0.1, 0.15) is 17.6 Å². The molecule has 2 aromatic rings. The van der Waals surface area contributed by atoms with Gasteiger partial charge < -0.3 is 19.0 Å². The lowest BCUT2D eigenvalue weighted by molar-refractivity contribution is 0.0250. The normalized spacial score (nSPS) is 22.0. The van der Waals surface area contributed by atoms with Crippen LogP contribution >= 0.6 is 11.8 Å². The van der Waals surface area contributed by atoms with E-state index in [1.165, 1.54) is 0 Å². The summed E-state index contributed by atoms with van der Waals surface area (Å²) in [7, 11) is 0. The Kier molecular flexibility index (Phi) is 4.62. The summed E-state index contributed by atoms with van der Waals surface area (Å²) in [5, 5.41) is 0. The Morgan fingerprint density at radius 2 is 1.88 bits per heavy atom. The Labute approximate surface area is 146 Å². The molecule has 2 saturated heterocycles. The number of rotatable bonds is 3. The van der Waals surface area contributed by atoms with Crippen molar-refractivity contribution < 1.29 is 9.15 Å². The third kappa shape index (κ3) is 3.37. The van der Waals surface area contributed by atoms with E-state index in [0.29, 0.717) is 6.61 Å². The molecule has 0 aromatic carbocycles. The molecular formula is C17H22N4O2S. The third-order valence-electron chi connectivity index (χ3n) is 4.44. The zero-order valence-corrected chi connectivity index (χ0v) is 14.7. The number of anilines is 2. The quantitative estimate of drug-likeness (QED) is 0.846. The molecule has 0 bridgehead atoms. The highest BCUT2D eigenvalue weighted by Gasteiger charge is 2.26. The molecule has 128 valence electrons. The van der Waals surface area contributed by atoms with Crippen LogP contribution in [0.15, 0.2) is 28.9 Å². The first-order valence-electron chi connectivity index (χ1n) is 8.37. The molecule has 7 heteroatoms. The van der Waals surface area contributed by atoms with Crippen molar-refractivity contribution in [1.82, 2.24) is 9.97 Å². The number of hydrogen-bond donors (Lipinski definition) is 0. The van der Waals surface area contributed by atoms with E-state index in [4.69, 9.17) is 9.15 Å². The first-order valence-corrected chi connectivity index (χ1v) is 9.53. The number of hydrogen-bond acceptors (Lipinski definition) is 7. The van der Waals surface area contributed by atoms with Gasteiger partial charge in [-0.15, -0.1) is 0 Å². The standard InChI is InChI=1S/C17H22N4O2S/c1-13-2-3-14(23-13)15-11-21(4-7-22-15)17-10-16(18-12-19-17)20-5-8-24-9-6-20/h2-3,10,12,15H,4-9,11H2,1H3. The molecule has 0 saturated carbocycles. The van der Waals surface area contributed by atoms with Crippen molar-refractivity contribution in [1.29, 1.82) is 0 Å². The van der Waals surface area contributed by atoms with Gasteiger partial charge in [-0.2, -0.15) is 11.8 Å². The minimum atomic E-state index is -0.0442. The average Bonchev–Trinajstić information content (AvgIpc) is 3.09. The minimum absolute atomic E-state index is 0.0442. The summed E-state index contributed by atoms with van der Waals surface area (Å²) in [5.74, 6) is 6.12. The maximum atomic E-state index is 5.88. The van der Waals surface area contributed by atoms with Gasteiger partial charge in [-0.05, 0) is 19.1 Å². The Morgan fingerprint density at radius 3 is 2.62 bits per heavy atom. The number of ether oxygens (including phenoxy) is 1. The van der Waals surface area contributed by atoms with Crippen LogP contribution in [0.25, 0.3) is 0 Å². The van der Waals surface area contributed by atoms with Crippen LogP contribution in [0.3, 0.4) is 0 Å². The van der Waals surface area contributed by atoms with Crippen LogP contribution in [0.4, 0.5) is 11.6 Å². The lowest BCUT2D eigenvalue weighted by atomic mass is 10.2. The molecule has 2 aromatic heterocycles. The number of thioether (sulfide) groups is 1. The molecule has 0 spiro atoms. The van der Waals surface area contributed by atoms with Gasteiger partial charge in [0.05, 0.1) is 13.2 Å².